The van der Waals surface area contributed by atoms with Crippen molar-refractivity contribution in [2.45, 2.75) is 12.5 Å². The molecular formula is C18H23ClN2O3. The lowest BCUT2D eigenvalue weighted by Gasteiger charge is -2.13. The predicted molar refractivity (Wildman–Crippen MR) is 98.8 cm³/mol. The van der Waals surface area contributed by atoms with E-state index in [1.165, 1.54) is 0 Å². The van der Waals surface area contributed by atoms with Gasteiger partial charge in [-0.1, -0.05) is 30.3 Å². The van der Waals surface area contributed by atoms with Crippen LogP contribution in [0.3, 0.4) is 0 Å². The van der Waals surface area contributed by atoms with Crippen LogP contribution in [0.2, 0.25) is 0 Å². The van der Waals surface area contributed by atoms with Gasteiger partial charge in [-0.05, 0) is 23.8 Å². The van der Waals surface area contributed by atoms with Crippen molar-refractivity contribution >= 4 is 24.0 Å². The molecule has 130 valence electrons. The topological polar surface area (TPSA) is 73.6 Å². The minimum absolute atomic E-state index is 0. The smallest absolute Gasteiger partial charge is 0.227 e. The van der Waals surface area contributed by atoms with E-state index in [4.69, 9.17) is 15.2 Å². The quantitative estimate of drug-likeness (QED) is 0.804. The number of anilines is 1. The number of methoxy groups -OCH3 is 2. The molecule has 5 nitrogen and oxygen atoms in total. The van der Waals surface area contributed by atoms with Crippen LogP contribution in [-0.4, -0.2) is 32.8 Å². The third kappa shape index (κ3) is 5.23. The molecule has 1 unspecified atom stereocenters. The molecule has 0 aromatic heterocycles. The normalized spacial score (nSPS) is 11.3. The zero-order chi connectivity index (χ0) is 16.7. The molecule has 2 rings (SSSR count). The van der Waals surface area contributed by atoms with E-state index in [1.807, 2.05) is 48.5 Å². The van der Waals surface area contributed by atoms with Crippen LogP contribution >= 0.6 is 12.4 Å². The van der Waals surface area contributed by atoms with E-state index in [-0.39, 0.29) is 30.8 Å². The molecule has 0 aliphatic rings. The molecule has 3 N–H and O–H groups in total. The number of carbonyl (C=O) groups excluding carboxylic acids is 1. The molecule has 24 heavy (non-hydrogen) atoms. The van der Waals surface area contributed by atoms with Gasteiger partial charge in [0.05, 0.1) is 19.6 Å². The molecule has 0 fully saturated rings. The summed E-state index contributed by atoms with van der Waals surface area (Å²) in [6.45, 7) is 0.311. The first-order valence-electron chi connectivity index (χ1n) is 7.44. The minimum Gasteiger partial charge on any atom is -0.496 e. The Kier molecular flexibility index (Phi) is 8.26. The van der Waals surface area contributed by atoms with Crippen molar-refractivity contribution in [1.82, 2.24) is 0 Å². The van der Waals surface area contributed by atoms with Crippen LogP contribution in [0.1, 0.15) is 6.42 Å². The number of nitrogens with one attached hydrogen (secondary N) is 1. The molecule has 0 aliphatic heterocycles. The van der Waals surface area contributed by atoms with Crippen molar-refractivity contribution in [2.24, 2.45) is 5.73 Å². The van der Waals surface area contributed by atoms with E-state index >= 15 is 0 Å². The molecule has 0 spiro atoms. The average molecular weight is 351 g/mol. The summed E-state index contributed by atoms with van der Waals surface area (Å²) in [5, 5.41) is 2.87. The first kappa shape index (κ1) is 20.0. The highest BCUT2D eigenvalue weighted by molar-refractivity contribution is 5.92. The van der Waals surface area contributed by atoms with E-state index in [2.05, 4.69) is 5.32 Å². The van der Waals surface area contributed by atoms with Gasteiger partial charge in [-0.15, -0.1) is 12.4 Å². The summed E-state index contributed by atoms with van der Waals surface area (Å²) in [7, 11) is 3.19. The van der Waals surface area contributed by atoms with Crippen LogP contribution in [0, 0.1) is 0 Å². The Morgan fingerprint density at radius 2 is 1.92 bits per heavy atom. The summed E-state index contributed by atoms with van der Waals surface area (Å²) in [5.41, 5.74) is 8.21. The van der Waals surface area contributed by atoms with Crippen molar-refractivity contribution in [3.63, 3.8) is 0 Å². The first-order chi connectivity index (χ1) is 11.2. The van der Waals surface area contributed by atoms with E-state index in [0.717, 1.165) is 22.6 Å². The summed E-state index contributed by atoms with van der Waals surface area (Å²) in [4.78, 5) is 12.0. The van der Waals surface area contributed by atoms with Crippen LogP contribution in [0.25, 0.3) is 11.1 Å². The molecule has 0 bridgehead atoms. The van der Waals surface area contributed by atoms with Gasteiger partial charge in [-0.3, -0.25) is 4.79 Å². The Labute approximate surface area is 148 Å². The molecule has 2 aromatic carbocycles. The number of para-hydroxylation sites is 1. The monoisotopic (exact) mass is 350 g/mol. The molecule has 2 aromatic rings. The van der Waals surface area contributed by atoms with E-state index < -0.39 is 0 Å². The minimum atomic E-state index is -0.271. The Balaban J connectivity index is 0.00000288. The van der Waals surface area contributed by atoms with Gasteiger partial charge >= 0.3 is 0 Å². The second-order valence-electron chi connectivity index (χ2n) is 5.13. The van der Waals surface area contributed by atoms with Gasteiger partial charge < -0.3 is 20.5 Å². The second kappa shape index (κ2) is 9.93. The van der Waals surface area contributed by atoms with Crippen molar-refractivity contribution in [3.8, 4) is 16.9 Å². The maximum Gasteiger partial charge on any atom is 0.227 e. The predicted octanol–water partition coefficient (Wildman–Crippen LogP) is 3.09. The average Bonchev–Trinajstić information content (AvgIpc) is 2.59. The fourth-order valence-electron chi connectivity index (χ4n) is 2.33. The highest BCUT2D eigenvalue weighted by atomic mass is 35.5. The number of benzene rings is 2. The van der Waals surface area contributed by atoms with E-state index in [9.17, 15) is 4.79 Å². The molecule has 0 radical (unpaired) electrons. The van der Waals surface area contributed by atoms with Gasteiger partial charge in [-0.25, -0.2) is 0 Å². The SMILES string of the molecule is COc1ccccc1-c1cccc(NC(=O)CC(CN)OC)c1.Cl. The summed E-state index contributed by atoms with van der Waals surface area (Å²) < 4.78 is 10.5. The molecular weight excluding hydrogens is 328 g/mol. The molecule has 0 aliphatic carbocycles. The standard InChI is InChI=1S/C18H22N2O3.ClH/c1-22-15(12-19)11-18(21)20-14-7-5-6-13(10-14)16-8-3-4-9-17(16)23-2;/h3-10,15H,11-12,19H2,1-2H3,(H,20,21);1H. The second-order valence-corrected chi connectivity index (χ2v) is 5.13. The Morgan fingerprint density at radius 1 is 1.17 bits per heavy atom. The van der Waals surface area contributed by atoms with Gasteiger partial charge in [0.15, 0.2) is 0 Å². The van der Waals surface area contributed by atoms with Gasteiger partial charge in [0.25, 0.3) is 0 Å². The third-order valence-corrected chi connectivity index (χ3v) is 3.57. The summed E-state index contributed by atoms with van der Waals surface area (Å²) in [5.74, 6) is 0.665. The fraction of sp³-hybridized carbons (Fsp3) is 0.278. The number of ether oxygens (including phenoxy) is 2. The zero-order valence-corrected chi connectivity index (χ0v) is 14.6. The Morgan fingerprint density at radius 3 is 2.58 bits per heavy atom. The lowest BCUT2D eigenvalue weighted by molar-refractivity contribution is -0.118. The van der Waals surface area contributed by atoms with Crippen molar-refractivity contribution in [3.05, 3.63) is 48.5 Å². The number of amides is 1. The van der Waals surface area contributed by atoms with Gasteiger partial charge in [0.1, 0.15) is 5.75 Å². The van der Waals surface area contributed by atoms with Crippen LogP contribution in [0.15, 0.2) is 48.5 Å². The highest BCUT2D eigenvalue weighted by Gasteiger charge is 2.12. The Bertz CT molecular complexity index is 660. The molecule has 1 atom stereocenters. The maximum atomic E-state index is 12.0. The number of hydrogen-bond acceptors (Lipinski definition) is 4. The molecule has 0 heterocycles. The van der Waals surface area contributed by atoms with Crippen LogP contribution in [0.5, 0.6) is 5.75 Å². The number of hydrogen-bond donors (Lipinski definition) is 2. The van der Waals surface area contributed by atoms with Crippen molar-refractivity contribution in [2.75, 3.05) is 26.1 Å². The van der Waals surface area contributed by atoms with Crippen LogP contribution < -0.4 is 15.8 Å². The Hall–Kier alpha value is -2.08. The van der Waals surface area contributed by atoms with E-state index in [1.54, 1.807) is 14.2 Å². The zero-order valence-electron chi connectivity index (χ0n) is 13.8. The third-order valence-electron chi connectivity index (χ3n) is 3.57. The van der Waals surface area contributed by atoms with Crippen LogP contribution in [-0.2, 0) is 9.53 Å². The van der Waals surface area contributed by atoms with Crippen molar-refractivity contribution < 1.29 is 14.3 Å². The lowest BCUT2D eigenvalue weighted by Crippen LogP contribution is -2.28. The molecule has 0 saturated carbocycles. The number of nitrogens with two attached hydrogens (primary N) is 1. The van der Waals surface area contributed by atoms with Gasteiger partial charge in [0, 0.05) is 24.9 Å². The van der Waals surface area contributed by atoms with Crippen molar-refractivity contribution in [1.29, 1.82) is 0 Å². The summed E-state index contributed by atoms with van der Waals surface area (Å²) in [6, 6.07) is 15.4. The fourth-order valence-corrected chi connectivity index (χ4v) is 2.33. The van der Waals surface area contributed by atoms with E-state index in [0.29, 0.717) is 6.54 Å². The summed E-state index contributed by atoms with van der Waals surface area (Å²) in [6.07, 6.45) is -0.0429. The largest absolute Gasteiger partial charge is 0.496 e. The number of halogens is 1. The number of carbonyl (C=O) groups is 1. The molecule has 6 heteroatoms. The highest BCUT2D eigenvalue weighted by Crippen LogP contribution is 2.30. The number of rotatable bonds is 7. The first-order valence-corrected chi connectivity index (χ1v) is 7.44. The maximum absolute atomic E-state index is 12.0. The van der Waals surface area contributed by atoms with Gasteiger partial charge in [-0.2, -0.15) is 0 Å². The molecule has 1 amide bonds. The van der Waals surface area contributed by atoms with Gasteiger partial charge in [0.2, 0.25) is 5.91 Å². The van der Waals surface area contributed by atoms with Crippen LogP contribution in [0.4, 0.5) is 5.69 Å². The summed E-state index contributed by atoms with van der Waals surface area (Å²) >= 11 is 0. The lowest BCUT2D eigenvalue weighted by atomic mass is 10.0. The molecule has 0 saturated heterocycles.